The normalized spacial score (nSPS) is 12.4. The molecule has 0 aliphatic carbocycles. The molecule has 1 N–H and O–H groups in total. The molecule has 192 valence electrons. The first kappa shape index (κ1) is 29.2. The molecule has 0 bridgehead atoms. The Morgan fingerprint density at radius 2 is 1.66 bits per heavy atom. The van der Waals surface area contributed by atoms with Crippen LogP contribution in [-0.2, 0) is 26.2 Å². The molecule has 0 aliphatic rings. The number of benzene rings is 2. The van der Waals surface area contributed by atoms with Crippen molar-refractivity contribution in [3.05, 3.63) is 62.6 Å². The van der Waals surface area contributed by atoms with Crippen LogP contribution >= 0.6 is 34.8 Å². The molecule has 0 fully saturated rings. The number of carbonyl (C=O) groups is 2. The summed E-state index contributed by atoms with van der Waals surface area (Å²) in [5, 5.41) is 3.11. The van der Waals surface area contributed by atoms with Crippen LogP contribution in [0.5, 0.6) is 0 Å². The van der Waals surface area contributed by atoms with Gasteiger partial charge in [-0.2, -0.15) is 0 Å². The molecule has 1 atom stereocenters. The first-order valence-corrected chi connectivity index (χ1v) is 14.0. The number of hydrogen-bond donors (Lipinski definition) is 1. The molecule has 2 amide bonds. The van der Waals surface area contributed by atoms with Gasteiger partial charge in [0.15, 0.2) is 0 Å². The summed E-state index contributed by atoms with van der Waals surface area (Å²) in [5.41, 5.74) is 1.83. The van der Waals surface area contributed by atoms with Gasteiger partial charge in [-0.1, -0.05) is 71.6 Å². The average molecular weight is 563 g/mol. The standard InChI is InChI=1S/C24H30Cl3N3O4S/c1-6-21(24(32)28-15(2)3)29(13-17-9-7-8-16(4)10-17)23(31)14-30(35(5,33)34)22-12-19(26)18(25)11-20(22)27/h7-12,15,21H,6,13-14H2,1-5H3,(H,28,32). The third-order valence-corrected chi connectivity index (χ3v) is 7.34. The molecule has 1 unspecified atom stereocenters. The maximum atomic E-state index is 13.7. The highest BCUT2D eigenvalue weighted by molar-refractivity contribution is 7.92. The molecule has 35 heavy (non-hydrogen) atoms. The first-order chi connectivity index (χ1) is 16.2. The molecule has 0 heterocycles. The number of nitrogens with zero attached hydrogens (tertiary/aromatic N) is 2. The van der Waals surface area contributed by atoms with Crippen LogP contribution in [-0.4, -0.2) is 50.0 Å². The van der Waals surface area contributed by atoms with Gasteiger partial charge in [-0.3, -0.25) is 13.9 Å². The second kappa shape index (κ2) is 12.3. The molecular formula is C24H30Cl3N3O4S. The lowest BCUT2D eigenvalue weighted by Crippen LogP contribution is -2.53. The van der Waals surface area contributed by atoms with Crippen LogP contribution in [0.1, 0.15) is 38.3 Å². The fraction of sp³-hybridized carbons (Fsp3) is 0.417. The number of rotatable bonds is 10. The molecular weight excluding hydrogens is 533 g/mol. The summed E-state index contributed by atoms with van der Waals surface area (Å²) in [5.74, 6) is -0.883. The van der Waals surface area contributed by atoms with Crippen molar-refractivity contribution in [1.82, 2.24) is 10.2 Å². The molecule has 11 heteroatoms. The van der Waals surface area contributed by atoms with Crippen LogP contribution in [0.2, 0.25) is 15.1 Å². The zero-order valence-electron chi connectivity index (χ0n) is 20.3. The predicted octanol–water partition coefficient (Wildman–Crippen LogP) is 5.05. The lowest BCUT2D eigenvalue weighted by Gasteiger charge is -2.33. The van der Waals surface area contributed by atoms with Gasteiger partial charge in [-0.15, -0.1) is 0 Å². The van der Waals surface area contributed by atoms with E-state index in [0.717, 1.165) is 21.7 Å². The minimum Gasteiger partial charge on any atom is -0.352 e. The van der Waals surface area contributed by atoms with E-state index in [9.17, 15) is 18.0 Å². The number of aryl methyl sites for hydroxylation is 1. The molecule has 0 saturated carbocycles. The third kappa shape index (κ3) is 8.00. The average Bonchev–Trinajstić information content (AvgIpc) is 2.73. The van der Waals surface area contributed by atoms with Gasteiger partial charge in [-0.05, 0) is 44.9 Å². The first-order valence-electron chi connectivity index (χ1n) is 11.0. The summed E-state index contributed by atoms with van der Waals surface area (Å²) in [6.45, 7) is 6.93. The second-order valence-electron chi connectivity index (χ2n) is 8.59. The zero-order chi connectivity index (χ0) is 26.5. The van der Waals surface area contributed by atoms with E-state index in [1.165, 1.54) is 17.0 Å². The maximum absolute atomic E-state index is 13.7. The minimum absolute atomic E-state index is 0.0205. The molecule has 2 aromatic carbocycles. The predicted molar refractivity (Wildman–Crippen MR) is 143 cm³/mol. The van der Waals surface area contributed by atoms with E-state index in [-0.39, 0.29) is 39.2 Å². The Kier molecular flexibility index (Phi) is 10.3. The largest absolute Gasteiger partial charge is 0.352 e. The van der Waals surface area contributed by atoms with Crippen LogP contribution in [0.25, 0.3) is 0 Å². The van der Waals surface area contributed by atoms with Crippen molar-refractivity contribution in [2.45, 2.75) is 52.7 Å². The van der Waals surface area contributed by atoms with Crippen molar-refractivity contribution in [1.29, 1.82) is 0 Å². The lowest BCUT2D eigenvalue weighted by molar-refractivity contribution is -0.140. The van der Waals surface area contributed by atoms with Crippen LogP contribution in [0.15, 0.2) is 36.4 Å². The fourth-order valence-electron chi connectivity index (χ4n) is 3.61. The lowest BCUT2D eigenvalue weighted by atomic mass is 10.1. The zero-order valence-corrected chi connectivity index (χ0v) is 23.4. The van der Waals surface area contributed by atoms with Crippen molar-refractivity contribution in [2.75, 3.05) is 17.1 Å². The maximum Gasteiger partial charge on any atom is 0.244 e. The Bertz CT molecular complexity index is 1190. The molecule has 0 saturated heterocycles. The quantitative estimate of drug-likeness (QED) is 0.411. The molecule has 0 spiro atoms. The monoisotopic (exact) mass is 561 g/mol. The van der Waals surface area contributed by atoms with Gasteiger partial charge in [0.1, 0.15) is 12.6 Å². The number of amides is 2. The van der Waals surface area contributed by atoms with Gasteiger partial charge in [0, 0.05) is 12.6 Å². The Balaban J connectivity index is 2.51. The van der Waals surface area contributed by atoms with E-state index < -0.39 is 28.5 Å². The number of halogens is 3. The minimum atomic E-state index is -3.95. The topological polar surface area (TPSA) is 86.8 Å². The smallest absolute Gasteiger partial charge is 0.244 e. The molecule has 2 rings (SSSR count). The van der Waals surface area contributed by atoms with Gasteiger partial charge >= 0.3 is 0 Å². The molecule has 0 aliphatic heterocycles. The molecule has 2 aromatic rings. The summed E-state index contributed by atoms with van der Waals surface area (Å²) >= 11 is 18.4. The van der Waals surface area contributed by atoms with E-state index in [1.54, 1.807) is 6.92 Å². The van der Waals surface area contributed by atoms with Crippen molar-refractivity contribution in [2.24, 2.45) is 0 Å². The van der Waals surface area contributed by atoms with Crippen LogP contribution in [0, 0.1) is 6.92 Å². The van der Waals surface area contributed by atoms with Crippen LogP contribution < -0.4 is 9.62 Å². The highest BCUT2D eigenvalue weighted by Gasteiger charge is 2.32. The fourth-order valence-corrected chi connectivity index (χ4v) is 5.15. The summed E-state index contributed by atoms with van der Waals surface area (Å²) in [6.07, 6.45) is 1.30. The molecule has 0 radical (unpaired) electrons. The van der Waals surface area contributed by atoms with Gasteiger partial charge < -0.3 is 10.2 Å². The SMILES string of the molecule is CCC(C(=O)NC(C)C)N(Cc1cccc(C)c1)C(=O)CN(c1cc(Cl)c(Cl)cc1Cl)S(C)(=O)=O. The van der Waals surface area contributed by atoms with E-state index in [0.29, 0.717) is 6.42 Å². The second-order valence-corrected chi connectivity index (χ2v) is 11.7. The van der Waals surface area contributed by atoms with Gasteiger partial charge in [0.05, 0.1) is 27.0 Å². The Hall–Kier alpha value is -2.00. The van der Waals surface area contributed by atoms with Crippen LogP contribution in [0.3, 0.4) is 0 Å². The highest BCUT2D eigenvalue weighted by Crippen LogP contribution is 2.35. The van der Waals surface area contributed by atoms with Crippen LogP contribution in [0.4, 0.5) is 5.69 Å². The molecule has 7 nitrogen and oxygen atoms in total. The van der Waals surface area contributed by atoms with Crippen molar-refractivity contribution < 1.29 is 18.0 Å². The van der Waals surface area contributed by atoms with Crippen molar-refractivity contribution in [3.63, 3.8) is 0 Å². The highest BCUT2D eigenvalue weighted by atomic mass is 35.5. The summed E-state index contributed by atoms with van der Waals surface area (Å²) in [4.78, 5) is 28.0. The molecule has 0 aromatic heterocycles. The van der Waals surface area contributed by atoms with Crippen molar-refractivity contribution >= 4 is 62.3 Å². The number of anilines is 1. The number of nitrogens with one attached hydrogen (secondary N) is 1. The Morgan fingerprint density at radius 1 is 1.03 bits per heavy atom. The number of hydrogen-bond acceptors (Lipinski definition) is 4. The summed E-state index contributed by atoms with van der Waals surface area (Å²) < 4.78 is 26.3. The summed E-state index contributed by atoms with van der Waals surface area (Å²) in [7, 11) is -3.95. The number of carbonyl (C=O) groups excluding carboxylic acids is 2. The van der Waals surface area contributed by atoms with E-state index in [2.05, 4.69) is 5.32 Å². The Labute approximate surface area is 222 Å². The van der Waals surface area contributed by atoms with Crippen molar-refractivity contribution in [3.8, 4) is 0 Å². The van der Waals surface area contributed by atoms with Gasteiger partial charge in [0.25, 0.3) is 0 Å². The van der Waals surface area contributed by atoms with Gasteiger partial charge in [-0.25, -0.2) is 8.42 Å². The third-order valence-electron chi connectivity index (χ3n) is 5.19. The van der Waals surface area contributed by atoms with E-state index in [4.69, 9.17) is 34.8 Å². The van der Waals surface area contributed by atoms with E-state index >= 15 is 0 Å². The summed E-state index contributed by atoms with van der Waals surface area (Å²) in [6, 6.07) is 9.23. The number of sulfonamides is 1. The van der Waals surface area contributed by atoms with Gasteiger partial charge in [0.2, 0.25) is 21.8 Å². The Morgan fingerprint density at radius 3 is 2.20 bits per heavy atom. The van der Waals surface area contributed by atoms with E-state index in [1.807, 2.05) is 45.0 Å².